The SMILES string of the molecule is Cc1cccc(C(N)c2cnn(C)c2)c1. The van der Waals surface area contributed by atoms with Gasteiger partial charge in [0.15, 0.2) is 0 Å². The van der Waals surface area contributed by atoms with E-state index in [9.17, 15) is 0 Å². The van der Waals surface area contributed by atoms with Crippen LogP contribution in [0.3, 0.4) is 0 Å². The molecule has 0 aliphatic rings. The number of benzene rings is 1. The molecule has 78 valence electrons. The fraction of sp³-hybridized carbons (Fsp3) is 0.250. The van der Waals surface area contributed by atoms with Crippen LogP contribution in [0, 0.1) is 6.92 Å². The van der Waals surface area contributed by atoms with Gasteiger partial charge in [-0.2, -0.15) is 5.10 Å². The van der Waals surface area contributed by atoms with E-state index in [-0.39, 0.29) is 6.04 Å². The lowest BCUT2D eigenvalue weighted by Crippen LogP contribution is -2.11. The molecule has 0 aliphatic heterocycles. The Morgan fingerprint density at radius 3 is 2.73 bits per heavy atom. The van der Waals surface area contributed by atoms with Crippen LogP contribution in [0.2, 0.25) is 0 Å². The van der Waals surface area contributed by atoms with E-state index in [1.165, 1.54) is 5.56 Å². The normalized spacial score (nSPS) is 12.7. The van der Waals surface area contributed by atoms with E-state index >= 15 is 0 Å². The Morgan fingerprint density at radius 1 is 1.33 bits per heavy atom. The molecular formula is C12H15N3. The summed E-state index contributed by atoms with van der Waals surface area (Å²) in [5.74, 6) is 0. The van der Waals surface area contributed by atoms with Gasteiger partial charge in [0.1, 0.15) is 0 Å². The fourth-order valence-corrected chi connectivity index (χ4v) is 1.66. The molecule has 0 saturated carbocycles. The number of aryl methyl sites for hydroxylation is 2. The zero-order valence-corrected chi connectivity index (χ0v) is 9.01. The summed E-state index contributed by atoms with van der Waals surface area (Å²) in [5, 5.41) is 4.12. The van der Waals surface area contributed by atoms with Gasteiger partial charge in [0.25, 0.3) is 0 Å². The second kappa shape index (κ2) is 3.87. The van der Waals surface area contributed by atoms with Gasteiger partial charge < -0.3 is 5.73 Å². The summed E-state index contributed by atoms with van der Waals surface area (Å²) in [7, 11) is 1.90. The molecule has 2 rings (SSSR count). The predicted molar refractivity (Wildman–Crippen MR) is 60.4 cm³/mol. The Kier molecular flexibility index (Phi) is 2.56. The molecule has 15 heavy (non-hydrogen) atoms. The lowest BCUT2D eigenvalue weighted by molar-refractivity contribution is 0.765. The molecule has 1 atom stereocenters. The number of rotatable bonds is 2. The van der Waals surface area contributed by atoms with Crippen molar-refractivity contribution in [3.63, 3.8) is 0 Å². The predicted octanol–water partition coefficient (Wildman–Crippen LogP) is 1.78. The van der Waals surface area contributed by atoms with Gasteiger partial charge in [-0.1, -0.05) is 29.8 Å². The topological polar surface area (TPSA) is 43.8 Å². The number of nitrogens with zero attached hydrogens (tertiary/aromatic N) is 2. The van der Waals surface area contributed by atoms with Gasteiger partial charge in [0.2, 0.25) is 0 Å². The van der Waals surface area contributed by atoms with Crippen LogP contribution >= 0.6 is 0 Å². The van der Waals surface area contributed by atoms with Gasteiger partial charge in [-0.15, -0.1) is 0 Å². The van der Waals surface area contributed by atoms with Crippen LogP contribution < -0.4 is 5.73 Å². The Balaban J connectivity index is 2.32. The molecule has 1 heterocycles. The number of hydrogen-bond donors (Lipinski definition) is 1. The first kappa shape index (κ1) is 9.93. The lowest BCUT2D eigenvalue weighted by Gasteiger charge is -2.10. The molecule has 3 nitrogen and oxygen atoms in total. The molecule has 2 aromatic rings. The molecular weight excluding hydrogens is 186 g/mol. The van der Waals surface area contributed by atoms with Crippen molar-refractivity contribution < 1.29 is 0 Å². The number of aromatic nitrogens is 2. The minimum Gasteiger partial charge on any atom is -0.320 e. The average molecular weight is 201 g/mol. The van der Waals surface area contributed by atoms with E-state index in [0.717, 1.165) is 11.1 Å². The zero-order chi connectivity index (χ0) is 10.8. The van der Waals surface area contributed by atoms with E-state index in [0.29, 0.717) is 0 Å². The summed E-state index contributed by atoms with van der Waals surface area (Å²) >= 11 is 0. The van der Waals surface area contributed by atoms with Crippen molar-refractivity contribution in [2.24, 2.45) is 12.8 Å². The molecule has 1 aromatic carbocycles. The Morgan fingerprint density at radius 2 is 2.13 bits per heavy atom. The maximum atomic E-state index is 6.15. The maximum absolute atomic E-state index is 6.15. The van der Waals surface area contributed by atoms with Gasteiger partial charge in [-0.25, -0.2) is 0 Å². The fourth-order valence-electron chi connectivity index (χ4n) is 1.66. The van der Waals surface area contributed by atoms with Crippen LogP contribution in [0.25, 0.3) is 0 Å². The van der Waals surface area contributed by atoms with Crippen LogP contribution in [-0.4, -0.2) is 9.78 Å². The highest BCUT2D eigenvalue weighted by Crippen LogP contribution is 2.19. The van der Waals surface area contributed by atoms with Crippen molar-refractivity contribution in [1.82, 2.24) is 9.78 Å². The number of hydrogen-bond acceptors (Lipinski definition) is 2. The van der Waals surface area contributed by atoms with E-state index in [4.69, 9.17) is 5.73 Å². The standard InChI is InChI=1S/C12H15N3/c1-9-4-3-5-10(6-9)12(13)11-7-14-15(2)8-11/h3-8,12H,13H2,1-2H3. The summed E-state index contributed by atoms with van der Waals surface area (Å²) in [6, 6.07) is 8.17. The molecule has 0 bridgehead atoms. The summed E-state index contributed by atoms with van der Waals surface area (Å²) in [6.45, 7) is 2.07. The van der Waals surface area contributed by atoms with Gasteiger partial charge in [0, 0.05) is 18.8 Å². The van der Waals surface area contributed by atoms with E-state index < -0.39 is 0 Å². The maximum Gasteiger partial charge on any atom is 0.0582 e. The minimum atomic E-state index is -0.0846. The van der Waals surface area contributed by atoms with E-state index in [1.807, 2.05) is 31.6 Å². The highest BCUT2D eigenvalue weighted by atomic mass is 15.2. The van der Waals surface area contributed by atoms with Crippen LogP contribution in [0.4, 0.5) is 0 Å². The van der Waals surface area contributed by atoms with Crippen LogP contribution in [-0.2, 0) is 7.05 Å². The molecule has 0 spiro atoms. The summed E-state index contributed by atoms with van der Waals surface area (Å²) < 4.78 is 1.77. The molecule has 0 aliphatic carbocycles. The first-order chi connectivity index (χ1) is 7.16. The number of nitrogens with two attached hydrogens (primary N) is 1. The minimum absolute atomic E-state index is 0.0846. The van der Waals surface area contributed by atoms with Crippen LogP contribution in [0.5, 0.6) is 0 Å². The Bertz CT molecular complexity index is 459. The van der Waals surface area contributed by atoms with Crippen LogP contribution in [0.1, 0.15) is 22.7 Å². The van der Waals surface area contributed by atoms with Crippen molar-refractivity contribution in [3.05, 3.63) is 53.3 Å². The van der Waals surface area contributed by atoms with Crippen molar-refractivity contribution in [2.45, 2.75) is 13.0 Å². The molecule has 2 N–H and O–H groups in total. The van der Waals surface area contributed by atoms with Gasteiger partial charge >= 0.3 is 0 Å². The summed E-state index contributed by atoms with van der Waals surface area (Å²) in [4.78, 5) is 0. The molecule has 0 radical (unpaired) electrons. The van der Waals surface area contributed by atoms with E-state index in [2.05, 4.69) is 24.2 Å². The highest BCUT2D eigenvalue weighted by Gasteiger charge is 2.10. The third kappa shape index (κ3) is 2.07. The lowest BCUT2D eigenvalue weighted by atomic mass is 10.0. The molecule has 0 saturated heterocycles. The molecule has 1 unspecified atom stereocenters. The molecule has 0 fully saturated rings. The zero-order valence-electron chi connectivity index (χ0n) is 9.01. The molecule has 0 amide bonds. The second-order valence-electron chi connectivity index (χ2n) is 3.84. The van der Waals surface area contributed by atoms with Gasteiger partial charge in [-0.3, -0.25) is 4.68 Å². The van der Waals surface area contributed by atoms with Crippen LogP contribution in [0.15, 0.2) is 36.7 Å². The third-order valence-electron chi connectivity index (χ3n) is 2.49. The highest BCUT2D eigenvalue weighted by molar-refractivity contribution is 5.31. The average Bonchev–Trinajstić information content (AvgIpc) is 2.64. The van der Waals surface area contributed by atoms with Crippen molar-refractivity contribution in [3.8, 4) is 0 Å². The Labute approximate surface area is 89.5 Å². The smallest absolute Gasteiger partial charge is 0.0582 e. The van der Waals surface area contributed by atoms with E-state index in [1.54, 1.807) is 4.68 Å². The van der Waals surface area contributed by atoms with Crippen molar-refractivity contribution >= 4 is 0 Å². The molecule has 3 heteroatoms. The first-order valence-corrected chi connectivity index (χ1v) is 4.97. The summed E-state index contributed by atoms with van der Waals surface area (Å²) in [6.07, 6.45) is 3.76. The van der Waals surface area contributed by atoms with Crippen molar-refractivity contribution in [2.75, 3.05) is 0 Å². The largest absolute Gasteiger partial charge is 0.320 e. The van der Waals surface area contributed by atoms with Crippen molar-refractivity contribution in [1.29, 1.82) is 0 Å². The van der Waals surface area contributed by atoms with Gasteiger partial charge in [0.05, 0.1) is 12.2 Å². The monoisotopic (exact) mass is 201 g/mol. The quantitative estimate of drug-likeness (QED) is 0.804. The third-order valence-corrected chi connectivity index (χ3v) is 2.49. The molecule has 1 aromatic heterocycles. The van der Waals surface area contributed by atoms with Gasteiger partial charge in [-0.05, 0) is 12.5 Å². The summed E-state index contributed by atoms with van der Waals surface area (Å²) in [5.41, 5.74) is 9.55. The Hall–Kier alpha value is -1.61. The first-order valence-electron chi connectivity index (χ1n) is 4.97. The second-order valence-corrected chi connectivity index (χ2v) is 3.84.